The minimum Gasteiger partial charge on any atom is -0.296 e. The second-order valence-corrected chi connectivity index (χ2v) is 5.86. The van der Waals surface area contributed by atoms with Crippen molar-refractivity contribution < 1.29 is 0 Å². The topological polar surface area (TPSA) is 30.3 Å². The van der Waals surface area contributed by atoms with Gasteiger partial charge in [0.25, 0.3) is 0 Å². The van der Waals surface area contributed by atoms with Gasteiger partial charge in [-0.15, -0.1) is 0 Å². The average Bonchev–Trinajstić information content (AvgIpc) is 2.47. The van der Waals surface area contributed by atoms with Crippen LogP contribution in [0.2, 0.25) is 10.0 Å². The van der Waals surface area contributed by atoms with Crippen LogP contribution in [-0.4, -0.2) is 42.0 Å². The highest BCUT2D eigenvalue weighted by Gasteiger charge is 2.22. The monoisotopic (exact) mass is 311 g/mol. The van der Waals surface area contributed by atoms with E-state index >= 15 is 0 Å². The first-order valence-electron chi connectivity index (χ1n) is 6.94. The van der Waals surface area contributed by atoms with E-state index in [9.17, 15) is 0 Å². The minimum absolute atomic E-state index is 0.0481. The first kappa shape index (κ1) is 15.6. The largest absolute Gasteiger partial charge is 0.296 e. The van der Waals surface area contributed by atoms with Crippen LogP contribution in [0.4, 0.5) is 0 Å². The van der Waals surface area contributed by atoms with E-state index in [2.05, 4.69) is 22.8 Å². The van der Waals surface area contributed by atoms with Gasteiger partial charge in [-0.3, -0.25) is 9.80 Å². The zero-order valence-corrected chi connectivity index (χ0v) is 13.2. The maximum absolute atomic E-state index is 9.11. The van der Waals surface area contributed by atoms with Gasteiger partial charge in [0.2, 0.25) is 0 Å². The Labute approximate surface area is 130 Å². The molecule has 0 spiro atoms. The maximum atomic E-state index is 9.11. The van der Waals surface area contributed by atoms with E-state index in [1.54, 1.807) is 0 Å². The fraction of sp³-hybridized carbons (Fsp3) is 0.533. The number of piperazine rings is 1. The molecule has 0 aromatic heterocycles. The molecule has 1 aliphatic heterocycles. The van der Waals surface area contributed by atoms with E-state index in [1.807, 2.05) is 18.2 Å². The molecule has 1 saturated heterocycles. The minimum atomic E-state index is 0.0481. The molecule has 1 atom stereocenters. The summed E-state index contributed by atoms with van der Waals surface area (Å²) in [6, 6.07) is 8.18. The van der Waals surface area contributed by atoms with Crippen molar-refractivity contribution in [1.82, 2.24) is 9.80 Å². The van der Waals surface area contributed by atoms with Gasteiger partial charge in [-0.05, 0) is 18.1 Å². The van der Waals surface area contributed by atoms with Gasteiger partial charge in [0.1, 0.15) is 0 Å². The first-order chi connectivity index (χ1) is 9.65. The van der Waals surface area contributed by atoms with Crippen LogP contribution < -0.4 is 0 Å². The lowest BCUT2D eigenvalue weighted by molar-refractivity contribution is 0.108. The first-order valence-corrected chi connectivity index (χ1v) is 7.70. The van der Waals surface area contributed by atoms with Crippen molar-refractivity contribution in [2.45, 2.75) is 25.9 Å². The van der Waals surface area contributed by atoms with Crippen LogP contribution >= 0.6 is 23.2 Å². The van der Waals surface area contributed by atoms with Gasteiger partial charge < -0.3 is 0 Å². The van der Waals surface area contributed by atoms with E-state index < -0.39 is 0 Å². The highest BCUT2D eigenvalue weighted by molar-refractivity contribution is 6.42. The molecule has 1 unspecified atom stereocenters. The Kier molecular flexibility index (Phi) is 5.68. The third-order valence-corrected chi connectivity index (χ3v) is 4.67. The summed E-state index contributed by atoms with van der Waals surface area (Å²) in [5.74, 6) is 0. The Balaban J connectivity index is 1.92. The molecule has 0 amide bonds. The molecule has 0 radical (unpaired) electrons. The van der Waals surface area contributed by atoms with E-state index in [1.165, 1.54) is 0 Å². The molecule has 1 fully saturated rings. The molecule has 0 saturated carbocycles. The van der Waals surface area contributed by atoms with Crippen molar-refractivity contribution in [3.8, 4) is 6.07 Å². The molecular formula is C15H19Cl2N3. The van der Waals surface area contributed by atoms with Crippen molar-refractivity contribution in [2.24, 2.45) is 0 Å². The lowest BCUT2D eigenvalue weighted by atomic mass is 10.1. The Bertz CT molecular complexity index is 490. The number of hydrogen-bond acceptors (Lipinski definition) is 3. The summed E-state index contributed by atoms with van der Waals surface area (Å²) in [6.07, 6.45) is 0.886. The number of hydrogen-bond donors (Lipinski definition) is 0. The molecule has 0 bridgehead atoms. The number of nitrogens with zero attached hydrogens (tertiary/aromatic N) is 3. The fourth-order valence-electron chi connectivity index (χ4n) is 2.58. The number of benzene rings is 1. The van der Waals surface area contributed by atoms with Crippen LogP contribution in [0.15, 0.2) is 18.2 Å². The number of halogens is 2. The fourth-order valence-corrected chi connectivity index (χ4v) is 2.96. The second-order valence-electron chi connectivity index (χ2n) is 5.08. The molecule has 0 N–H and O–H groups in total. The van der Waals surface area contributed by atoms with Crippen LogP contribution in [0.1, 0.15) is 18.9 Å². The molecule has 108 valence electrons. The van der Waals surface area contributed by atoms with Gasteiger partial charge in [0, 0.05) is 32.7 Å². The van der Waals surface area contributed by atoms with Gasteiger partial charge in [0.05, 0.1) is 22.2 Å². The molecule has 2 rings (SSSR count). The third-order valence-electron chi connectivity index (χ3n) is 3.81. The van der Waals surface area contributed by atoms with E-state index in [4.69, 9.17) is 28.5 Å². The Morgan fingerprint density at radius 1 is 1.25 bits per heavy atom. The molecule has 1 aliphatic rings. The smallest absolute Gasteiger partial charge is 0.0976 e. The maximum Gasteiger partial charge on any atom is 0.0976 e. The molecule has 0 aliphatic carbocycles. The molecular weight excluding hydrogens is 293 g/mol. The average molecular weight is 312 g/mol. The Morgan fingerprint density at radius 3 is 2.55 bits per heavy atom. The predicted octanol–water partition coefficient (Wildman–Crippen LogP) is 3.41. The second kappa shape index (κ2) is 7.28. The molecule has 1 aromatic rings. The summed E-state index contributed by atoms with van der Waals surface area (Å²) in [6.45, 7) is 6.67. The Hall–Kier alpha value is -0.790. The Morgan fingerprint density at radius 2 is 1.95 bits per heavy atom. The molecule has 1 aromatic carbocycles. The van der Waals surface area contributed by atoms with Gasteiger partial charge in [0.15, 0.2) is 0 Å². The summed E-state index contributed by atoms with van der Waals surface area (Å²) in [5, 5.41) is 10.4. The van der Waals surface area contributed by atoms with Crippen LogP contribution in [0, 0.1) is 11.3 Å². The standard InChI is InChI=1S/C15H19Cl2N3/c1-2-13(10-18)20-8-6-19(7-9-20)11-12-4-3-5-14(16)15(12)17/h3-5,13H,2,6-9,11H2,1H3. The van der Waals surface area contributed by atoms with Crippen molar-refractivity contribution in [3.63, 3.8) is 0 Å². The van der Waals surface area contributed by atoms with E-state index in [-0.39, 0.29) is 6.04 Å². The summed E-state index contributed by atoms with van der Waals surface area (Å²) < 4.78 is 0. The van der Waals surface area contributed by atoms with Gasteiger partial charge in [-0.1, -0.05) is 42.3 Å². The highest BCUT2D eigenvalue weighted by Crippen LogP contribution is 2.26. The van der Waals surface area contributed by atoms with Gasteiger partial charge in [-0.25, -0.2) is 0 Å². The van der Waals surface area contributed by atoms with Crippen molar-refractivity contribution >= 4 is 23.2 Å². The SMILES string of the molecule is CCC(C#N)N1CCN(Cc2cccc(Cl)c2Cl)CC1. The molecule has 3 nitrogen and oxygen atoms in total. The molecule has 1 heterocycles. The summed E-state index contributed by atoms with van der Waals surface area (Å²) >= 11 is 12.3. The van der Waals surface area contributed by atoms with E-state index in [0.29, 0.717) is 10.0 Å². The predicted molar refractivity (Wildman–Crippen MR) is 83.0 cm³/mol. The summed E-state index contributed by atoms with van der Waals surface area (Å²) in [4.78, 5) is 4.62. The van der Waals surface area contributed by atoms with Crippen LogP contribution in [0.3, 0.4) is 0 Å². The normalized spacial score (nSPS) is 18.7. The highest BCUT2D eigenvalue weighted by atomic mass is 35.5. The lowest BCUT2D eigenvalue weighted by Crippen LogP contribution is -2.49. The van der Waals surface area contributed by atoms with Crippen molar-refractivity contribution in [3.05, 3.63) is 33.8 Å². The molecule has 5 heteroatoms. The summed E-state index contributed by atoms with van der Waals surface area (Å²) in [7, 11) is 0. The van der Waals surface area contributed by atoms with Crippen molar-refractivity contribution in [1.29, 1.82) is 5.26 Å². The summed E-state index contributed by atoms with van der Waals surface area (Å²) in [5.41, 5.74) is 1.07. The van der Waals surface area contributed by atoms with Crippen LogP contribution in [0.5, 0.6) is 0 Å². The van der Waals surface area contributed by atoms with Gasteiger partial charge in [-0.2, -0.15) is 5.26 Å². The van der Waals surface area contributed by atoms with Gasteiger partial charge >= 0.3 is 0 Å². The number of rotatable bonds is 4. The zero-order valence-electron chi connectivity index (χ0n) is 11.6. The molecule has 20 heavy (non-hydrogen) atoms. The van der Waals surface area contributed by atoms with Crippen LogP contribution in [-0.2, 0) is 6.54 Å². The van der Waals surface area contributed by atoms with Crippen LogP contribution in [0.25, 0.3) is 0 Å². The third kappa shape index (κ3) is 3.65. The number of nitriles is 1. The van der Waals surface area contributed by atoms with E-state index in [0.717, 1.165) is 44.7 Å². The zero-order chi connectivity index (χ0) is 14.5. The van der Waals surface area contributed by atoms with Crippen molar-refractivity contribution in [2.75, 3.05) is 26.2 Å². The quantitative estimate of drug-likeness (QED) is 0.853. The lowest BCUT2D eigenvalue weighted by Gasteiger charge is -2.36.